The second-order valence-electron chi connectivity index (χ2n) is 5.41. The van der Waals surface area contributed by atoms with Crippen LogP contribution in [0.25, 0.3) is 0 Å². The second kappa shape index (κ2) is 4.15. The van der Waals surface area contributed by atoms with Gasteiger partial charge in [0.05, 0.1) is 5.92 Å². The Morgan fingerprint density at radius 1 is 1.47 bits per heavy atom. The molecule has 2 aliphatic rings. The molecule has 15 heavy (non-hydrogen) atoms. The van der Waals surface area contributed by atoms with Gasteiger partial charge in [0.15, 0.2) is 0 Å². The van der Waals surface area contributed by atoms with Crippen molar-refractivity contribution >= 4 is 5.97 Å². The van der Waals surface area contributed by atoms with Crippen LogP contribution >= 0.6 is 0 Å². The lowest BCUT2D eigenvalue weighted by Gasteiger charge is -2.33. The van der Waals surface area contributed by atoms with Crippen molar-refractivity contribution in [3.63, 3.8) is 0 Å². The van der Waals surface area contributed by atoms with E-state index in [1.54, 1.807) is 0 Å². The van der Waals surface area contributed by atoms with Crippen molar-refractivity contribution in [3.05, 3.63) is 0 Å². The zero-order chi connectivity index (χ0) is 10.9. The summed E-state index contributed by atoms with van der Waals surface area (Å²) in [5.74, 6) is 0.934. The maximum absolute atomic E-state index is 11.8. The van der Waals surface area contributed by atoms with Crippen molar-refractivity contribution < 1.29 is 9.53 Å². The van der Waals surface area contributed by atoms with Crippen LogP contribution in [0.5, 0.6) is 0 Å². The minimum atomic E-state index is -0.0522. The third-order valence-electron chi connectivity index (χ3n) is 4.25. The van der Waals surface area contributed by atoms with E-state index in [-0.39, 0.29) is 17.5 Å². The average Bonchev–Trinajstić information content (AvgIpc) is 2.52. The van der Waals surface area contributed by atoms with Crippen molar-refractivity contribution in [1.82, 2.24) is 0 Å². The summed E-state index contributed by atoms with van der Waals surface area (Å²) in [6.07, 6.45) is 8.11. The van der Waals surface area contributed by atoms with E-state index in [0.717, 1.165) is 31.6 Å². The molecule has 0 aliphatic heterocycles. The van der Waals surface area contributed by atoms with E-state index in [4.69, 9.17) is 4.74 Å². The lowest BCUT2D eigenvalue weighted by Crippen LogP contribution is -2.36. The standard InChI is InChI=1S/C13H22O2/c1-3-10(2)12(14)15-13-7-4-5-11(9-13)6-8-13/h10-11H,3-9H2,1-2H3. The molecule has 0 radical (unpaired) electrons. The van der Waals surface area contributed by atoms with Crippen LogP contribution < -0.4 is 0 Å². The molecule has 2 heteroatoms. The maximum atomic E-state index is 11.8. The zero-order valence-electron chi connectivity index (χ0n) is 9.92. The molecule has 0 spiro atoms. The summed E-state index contributed by atoms with van der Waals surface area (Å²) in [4.78, 5) is 11.8. The Morgan fingerprint density at radius 2 is 2.27 bits per heavy atom. The lowest BCUT2D eigenvalue weighted by atomic mass is 9.85. The van der Waals surface area contributed by atoms with Gasteiger partial charge in [0, 0.05) is 0 Å². The molecule has 0 amide bonds. The molecule has 2 rings (SSSR count). The molecule has 2 fully saturated rings. The van der Waals surface area contributed by atoms with Crippen molar-refractivity contribution in [1.29, 1.82) is 0 Å². The Morgan fingerprint density at radius 3 is 3.00 bits per heavy atom. The molecule has 0 aromatic carbocycles. The number of carbonyl (C=O) groups excluding carboxylic acids is 1. The van der Waals surface area contributed by atoms with Crippen LogP contribution in [0.15, 0.2) is 0 Å². The second-order valence-corrected chi connectivity index (χ2v) is 5.41. The van der Waals surface area contributed by atoms with E-state index in [1.807, 2.05) is 13.8 Å². The van der Waals surface area contributed by atoms with Crippen molar-refractivity contribution in [2.75, 3.05) is 0 Å². The fourth-order valence-electron chi connectivity index (χ4n) is 3.01. The molecule has 0 aromatic heterocycles. The summed E-state index contributed by atoms with van der Waals surface area (Å²) in [6, 6.07) is 0. The van der Waals surface area contributed by atoms with Crippen LogP contribution in [0, 0.1) is 11.8 Å². The van der Waals surface area contributed by atoms with E-state index in [2.05, 4.69) is 0 Å². The highest BCUT2D eigenvalue weighted by molar-refractivity contribution is 5.72. The Kier molecular flexibility index (Phi) is 3.03. The summed E-state index contributed by atoms with van der Waals surface area (Å²) in [5.41, 5.74) is -0.0522. The van der Waals surface area contributed by atoms with Gasteiger partial charge in [-0.2, -0.15) is 0 Å². The van der Waals surface area contributed by atoms with Gasteiger partial charge in [0.25, 0.3) is 0 Å². The number of ether oxygens (including phenoxy) is 1. The normalized spacial score (nSPS) is 36.3. The van der Waals surface area contributed by atoms with Gasteiger partial charge in [-0.25, -0.2) is 0 Å². The predicted octanol–water partition coefficient (Wildman–Crippen LogP) is 3.30. The molecule has 2 nitrogen and oxygen atoms in total. The minimum Gasteiger partial charge on any atom is -0.459 e. The topological polar surface area (TPSA) is 26.3 Å². The van der Waals surface area contributed by atoms with Gasteiger partial charge in [-0.15, -0.1) is 0 Å². The predicted molar refractivity (Wildman–Crippen MR) is 59.5 cm³/mol. The van der Waals surface area contributed by atoms with Crippen LogP contribution in [0.3, 0.4) is 0 Å². The van der Waals surface area contributed by atoms with E-state index in [0.29, 0.717) is 0 Å². The number of hydrogen-bond acceptors (Lipinski definition) is 2. The molecule has 0 N–H and O–H groups in total. The quantitative estimate of drug-likeness (QED) is 0.668. The molecule has 3 atom stereocenters. The van der Waals surface area contributed by atoms with Crippen LogP contribution in [0.1, 0.15) is 58.8 Å². The highest BCUT2D eigenvalue weighted by atomic mass is 16.6. The van der Waals surface area contributed by atoms with Crippen LogP contribution in [0.4, 0.5) is 0 Å². The van der Waals surface area contributed by atoms with Gasteiger partial charge in [-0.3, -0.25) is 4.79 Å². The summed E-state index contributed by atoms with van der Waals surface area (Å²) < 4.78 is 5.78. The number of esters is 1. The first-order valence-electron chi connectivity index (χ1n) is 6.38. The smallest absolute Gasteiger partial charge is 0.309 e. The molecular formula is C13H22O2. The van der Waals surface area contributed by atoms with Gasteiger partial charge in [-0.1, -0.05) is 20.3 Å². The Labute approximate surface area is 92.4 Å². The highest BCUT2D eigenvalue weighted by Crippen LogP contribution is 2.47. The molecular weight excluding hydrogens is 188 g/mol. The van der Waals surface area contributed by atoms with Crippen LogP contribution in [0.2, 0.25) is 0 Å². The number of carbonyl (C=O) groups is 1. The number of hydrogen-bond donors (Lipinski definition) is 0. The molecule has 86 valence electrons. The zero-order valence-corrected chi connectivity index (χ0v) is 9.92. The van der Waals surface area contributed by atoms with Crippen LogP contribution in [-0.2, 0) is 9.53 Å². The Hall–Kier alpha value is -0.530. The Bertz CT molecular complexity index is 245. The first-order chi connectivity index (χ1) is 7.15. The largest absolute Gasteiger partial charge is 0.459 e. The average molecular weight is 210 g/mol. The third kappa shape index (κ3) is 2.19. The Balaban J connectivity index is 1.96. The first-order valence-corrected chi connectivity index (χ1v) is 6.38. The van der Waals surface area contributed by atoms with E-state index in [9.17, 15) is 4.79 Å². The molecule has 0 saturated heterocycles. The molecule has 3 unspecified atom stereocenters. The fourth-order valence-corrected chi connectivity index (χ4v) is 3.01. The number of fused-ring (bicyclic) bond motifs is 2. The van der Waals surface area contributed by atoms with Crippen molar-refractivity contribution in [2.24, 2.45) is 11.8 Å². The van der Waals surface area contributed by atoms with Gasteiger partial charge in [-0.05, 0) is 44.4 Å². The minimum absolute atomic E-state index is 0.0278. The van der Waals surface area contributed by atoms with Gasteiger partial charge in [0.2, 0.25) is 0 Å². The summed E-state index contributed by atoms with van der Waals surface area (Å²) in [5, 5.41) is 0. The van der Waals surface area contributed by atoms with Crippen molar-refractivity contribution in [3.8, 4) is 0 Å². The molecule has 2 bridgehead atoms. The fraction of sp³-hybridized carbons (Fsp3) is 0.923. The van der Waals surface area contributed by atoms with Gasteiger partial charge < -0.3 is 4.74 Å². The van der Waals surface area contributed by atoms with Gasteiger partial charge in [0.1, 0.15) is 5.60 Å². The monoisotopic (exact) mass is 210 g/mol. The molecule has 2 aliphatic carbocycles. The van der Waals surface area contributed by atoms with Crippen molar-refractivity contribution in [2.45, 2.75) is 64.4 Å². The molecule has 0 heterocycles. The van der Waals surface area contributed by atoms with E-state index >= 15 is 0 Å². The lowest BCUT2D eigenvalue weighted by molar-refractivity contribution is -0.166. The number of rotatable bonds is 3. The SMILES string of the molecule is CCC(C)C(=O)OC12CCCC(CC1)C2. The summed E-state index contributed by atoms with van der Waals surface area (Å²) in [7, 11) is 0. The molecule has 2 saturated carbocycles. The first kappa shape index (κ1) is 11.0. The summed E-state index contributed by atoms with van der Waals surface area (Å²) in [6.45, 7) is 4.01. The highest BCUT2D eigenvalue weighted by Gasteiger charge is 2.45. The van der Waals surface area contributed by atoms with E-state index < -0.39 is 0 Å². The van der Waals surface area contributed by atoms with Crippen LogP contribution in [-0.4, -0.2) is 11.6 Å². The van der Waals surface area contributed by atoms with Gasteiger partial charge >= 0.3 is 5.97 Å². The molecule has 0 aromatic rings. The summed E-state index contributed by atoms with van der Waals surface area (Å²) >= 11 is 0. The third-order valence-corrected chi connectivity index (χ3v) is 4.25. The van der Waals surface area contributed by atoms with E-state index in [1.165, 1.54) is 19.3 Å². The maximum Gasteiger partial charge on any atom is 0.309 e.